The van der Waals surface area contributed by atoms with E-state index in [1.54, 1.807) is 11.3 Å². The van der Waals surface area contributed by atoms with Crippen molar-refractivity contribution in [3.05, 3.63) is 51.5 Å². The first kappa shape index (κ1) is 14.1. The summed E-state index contributed by atoms with van der Waals surface area (Å²) in [5.74, 6) is -0.976. The van der Waals surface area contributed by atoms with Gasteiger partial charge in [0.1, 0.15) is 11.6 Å². The molecule has 1 atom stereocenters. The van der Waals surface area contributed by atoms with Gasteiger partial charge in [-0.05, 0) is 32.4 Å². The lowest BCUT2D eigenvalue weighted by Gasteiger charge is -2.14. The van der Waals surface area contributed by atoms with Crippen LogP contribution in [0.4, 0.5) is 8.78 Å². The molecule has 1 unspecified atom stereocenters. The first-order valence-electron chi connectivity index (χ1n) is 6.13. The molecule has 0 aliphatic heterocycles. The first-order valence-corrected chi connectivity index (χ1v) is 7.01. The predicted octanol–water partition coefficient (Wildman–Crippen LogP) is 3.45. The summed E-state index contributed by atoms with van der Waals surface area (Å²) in [4.78, 5) is 4.33. The molecule has 0 amide bonds. The Bertz CT molecular complexity index is 534. The fourth-order valence-electron chi connectivity index (χ4n) is 1.87. The Balaban J connectivity index is 1.92. The van der Waals surface area contributed by atoms with E-state index in [-0.39, 0.29) is 11.6 Å². The maximum absolute atomic E-state index is 13.5. The van der Waals surface area contributed by atoms with Gasteiger partial charge in [-0.15, -0.1) is 11.3 Å². The Kier molecular flexibility index (Phi) is 4.61. The van der Waals surface area contributed by atoms with E-state index < -0.39 is 11.6 Å². The minimum absolute atomic E-state index is 0.0200. The highest BCUT2D eigenvalue weighted by molar-refractivity contribution is 7.09. The molecular formula is C14H16F2N2S. The number of nitrogens with one attached hydrogen (secondary N) is 1. The monoisotopic (exact) mass is 282 g/mol. The van der Waals surface area contributed by atoms with Gasteiger partial charge in [0.25, 0.3) is 0 Å². The smallest absolute Gasteiger partial charge is 0.129 e. The fourth-order valence-corrected chi connectivity index (χ4v) is 2.49. The van der Waals surface area contributed by atoms with Crippen molar-refractivity contribution in [1.29, 1.82) is 0 Å². The second-order valence-corrected chi connectivity index (χ2v) is 5.61. The summed E-state index contributed by atoms with van der Waals surface area (Å²) in [6.45, 7) is 4.47. The van der Waals surface area contributed by atoms with Gasteiger partial charge < -0.3 is 5.32 Å². The average Bonchev–Trinajstić information content (AvgIpc) is 2.77. The van der Waals surface area contributed by atoms with Crippen LogP contribution in [0.1, 0.15) is 23.2 Å². The number of aromatic nitrogens is 1. The van der Waals surface area contributed by atoms with Crippen molar-refractivity contribution in [3.8, 4) is 0 Å². The summed E-state index contributed by atoms with van der Waals surface area (Å²) in [5, 5.41) is 6.23. The van der Waals surface area contributed by atoms with E-state index in [1.807, 2.05) is 19.2 Å². The van der Waals surface area contributed by atoms with Gasteiger partial charge in [-0.3, -0.25) is 0 Å². The molecule has 0 aliphatic carbocycles. The zero-order valence-electron chi connectivity index (χ0n) is 10.9. The van der Waals surface area contributed by atoms with E-state index in [9.17, 15) is 8.78 Å². The van der Waals surface area contributed by atoms with Crippen molar-refractivity contribution in [1.82, 2.24) is 10.3 Å². The van der Waals surface area contributed by atoms with Gasteiger partial charge in [-0.1, -0.05) is 6.07 Å². The highest BCUT2D eigenvalue weighted by Crippen LogP contribution is 2.14. The molecular weight excluding hydrogens is 266 g/mol. The van der Waals surface area contributed by atoms with E-state index >= 15 is 0 Å². The quantitative estimate of drug-likeness (QED) is 0.908. The summed E-state index contributed by atoms with van der Waals surface area (Å²) in [5.41, 5.74) is 1.10. The van der Waals surface area contributed by atoms with Crippen LogP contribution in [0.25, 0.3) is 0 Å². The Morgan fingerprint density at radius 3 is 2.58 bits per heavy atom. The van der Waals surface area contributed by atoms with E-state index in [0.29, 0.717) is 13.0 Å². The highest BCUT2D eigenvalue weighted by atomic mass is 32.1. The van der Waals surface area contributed by atoms with Gasteiger partial charge >= 0.3 is 0 Å². The van der Waals surface area contributed by atoms with Crippen LogP contribution in [0.5, 0.6) is 0 Å². The molecule has 0 radical (unpaired) electrons. The maximum atomic E-state index is 13.5. The molecule has 0 saturated heterocycles. The number of rotatable bonds is 5. The zero-order chi connectivity index (χ0) is 13.8. The third-order valence-corrected chi connectivity index (χ3v) is 3.69. The van der Waals surface area contributed by atoms with Crippen LogP contribution in [0.3, 0.4) is 0 Å². The molecule has 2 aromatic rings. The number of aryl methyl sites for hydroxylation is 1. The SMILES string of the molecule is Cc1nc(CNC(C)Cc2c(F)cccc2F)cs1. The van der Waals surface area contributed by atoms with E-state index in [2.05, 4.69) is 10.3 Å². The lowest BCUT2D eigenvalue weighted by molar-refractivity contribution is 0.497. The molecule has 0 bridgehead atoms. The number of hydrogen-bond donors (Lipinski definition) is 1. The Morgan fingerprint density at radius 2 is 2.00 bits per heavy atom. The molecule has 1 heterocycles. The lowest BCUT2D eigenvalue weighted by Crippen LogP contribution is -2.28. The molecule has 1 aromatic carbocycles. The van der Waals surface area contributed by atoms with Crippen molar-refractivity contribution in [2.45, 2.75) is 32.9 Å². The lowest BCUT2D eigenvalue weighted by atomic mass is 10.1. The van der Waals surface area contributed by atoms with Crippen molar-refractivity contribution >= 4 is 11.3 Å². The standard InChI is InChI=1S/C14H16F2N2S/c1-9(17-7-11-8-19-10(2)18-11)6-12-13(15)4-3-5-14(12)16/h3-5,8-9,17H,6-7H2,1-2H3. The van der Waals surface area contributed by atoms with Crippen LogP contribution in [0, 0.1) is 18.6 Å². The summed E-state index contributed by atoms with van der Waals surface area (Å²) >= 11 is 1.59. The molecule has 0 aliphatic rings. The minimum Gasteiger partial charge on any atom is -0.308 e. The summed E-state index contributed by atoms with van der Waals surface area (Å²) < 4.78 is 27.0. The first-order chi connectivity index (χ1) is 9.06. The number of halogens is 2. The van der Waals surface area contributed by atoms with E-state index in [1.165, 1.54) is 18.2 Å². The molecule has 2 rings (SSSR count). The van der Waals surface area contributed by atoms with Crippen LogP contribution >= 0.6 is 11.3 Å². The maximum Gasteiger partial charge on any atom is 0.129 e. The molecule has 5 heteroatoms. The molecule has 0 fully saturated rings. The van der Waals surface area contributed by atoms with Gasteiger partial charge in [0, 0.05) is 23.5 Å². The van der Waals surface area contributed by atoms with E-state index in [4.69, 9.17) is 0 Å². The van der Waals surface area contributed by atoms with Crippen LogP contribution < -0.4 is 5.32 Å². The molecule has 1 N–H and O–H groups in total. The highest BCUT2D eigenvalue weighted by Gasteiger charge is 2.12. The minimum atomic E-state index is -0.488. The number of nitrogens with zero attached hydrogens (tertiary/aromatic N) is 1. The largest absolute Gasteiger partial charge is 0.308 e. The number of hydrogen-bond acceptors (Lipinski definition) is 3. The molecule has 1 aromatic heterocycles. The van der Waals surface area contributed by atoms with Crippen molar-refractivity contribution < 1.29 is 8.78 Å². The van der Waals surface area contributed by atoms with Crippen LogP contribution in [0.2, 0.25) is 0 Å². The molecule has 0 spiro atoms. The van der Waals surface area contributed by atoms with Crippen molar-refractivity contribution in [3.63, 3.8) is 0 Å². The fraction of sp³-hybridized carbons (Fsp3) is 0.357. The van der Waals surface area contributed by atoms with Gasteiger partial charge in [0.05, 0.1) is 10.7 Å². The number of thiazole rings is 1. The average molecular weight is 282 g/mol. The van der Waals surface area contributed by atoms with E-state index in [0.717, 1.165) is 10.7 Å². The predicted molar refractivity (Wildman–Crippen MR) is 73.2 cm³/mol. The molecule has 19 heavy (non-hydrogen) atoms. The number of benzene rings is 1. The van der Waals surface area contributed by atoms with Crippen LogP contribution in [-0.2, 0) is 13.0 Å². The van der Waals surface area contributed by atoms with Gasteiger partial charge in [0.15, 0.2) is 0 Å². The molecule has 2 nitrogen and oxygen atoms in total. The Hall–Kier alpha value is -1.33. The Labute approximate surface area is 115 Å². The Morgan fingerprint density at radius 1 is 1.32 bits per heavy atom. The second kappa shape index (κ2) is 6.21. The summed E-state index contributed by atoms with van der Waals surface area (Å²) in [6.07, 6.45) is 0.321. The molecule has 102 valence electrons. The third kappa shape index (κ3) is 3.81. The van der Waals surface area contributed by atoms with Gasteiger partial charge in [-0.25, -0.2) is 13.8 Å². The zero-order valence-corrected chi connectivity index (χ0v) is 11.7. The molecule has 0 saturated carbocycles. The normalized spacial score (nSPS) is 12.6. The van der Waals surface area contributed by atoms with Gasteiger partial charge in [-0.2, -0.15) is 0 Å². The van der Waals surface area contributed by atoms with Crippen LogP contribution in [0.15, 0.2) is 23.6 Å². The van der Waals surface area contributed by atoms with Crippen LogP contribution in [-0.4, -0.2) is 11.0 Å². The van der Waals surface area contributed by atoms with Crippen molar-refractivity contribution in [2.24, 2.45) is 0 Å². The summed E-state index contributed by atoms with van der Waals surface area (Å²) in [7, 11) is 0. The second-order valence-electron chi connectivity index (χ2n) is 4.54. The van der Waals surface area contributed by atoms with Crippen molar-refractivity contribution in [2.75, 3.05) is 0 Å². The summed E-state index contributed by atoms with van der Waals surface area (Å²) in [6, 6.07) is 3.93. The topological polar surface area (TPSA) is 24.9 Å². The van der Waals surface area contributed by atoms with Gasteiger partial charge in [0.2, 0.25) is 0 Å². The third-order valence-electron chi connectivity index (χ3n) is 2.87.